The van der Waals surface area contributed by atoms with Crippen LogP contribution in [0.3, 0.4) is 0 Å². The number of halogens is 5. The highest BCUT2D eigenvalue weighted by atomic mass is 35.5. The van der Waals surface area contributed by atoms with E-state index < -0.39 is 17.6 Å². The van der Waals surface area contributed by atoms with Crippen LogP contribution in [0.2, 0.25) is 5.02 Å². The Morgan fingerprint density at radius 1 is 1.18 bits per heavy atom. The van der Waals surface area contributed by atoms with E-state index in [1.807, 2.05) is 0 Å². The second-order valence-corrected chi connectivity index (χ2v) is 7.09. The molecule has 0 spiro atoms. The molecular weight excluding hydrogens is 462 g/mol. The molecule has 0 bridgehead atoms. The molecule has 0 saturated heterocycles. The maximum atomic E-state index is 14.3. The topological polar surface area (TPSA) is 75.1 Å². The van der Waals surface area contributed by atoms with Crippen LogP contribution in [0, 0.1) is 11.2 Å². The number of aromatic nitrogens is 1. The first-order valence-electron chi connectivity index (χ1n) is 9.40. The van der Waals surface area contributed by atoms with Crippen LogP contribution in [0.5, 0.6) is 0 Å². The first kappa shape index (κ1) is 26.0. The molecule has 3 rings (SSSR count). The van der Waals surface area contributed by atoms with Crippen molar-refractivity contribution in [1.29, 1.82) is 5.41 Å². The average molecular weight is 482 g/mol. The van der Waals surface area contributed by atoms with E-state index in [-0.39, 0.29) is 45.2 Å². The summed E-state index contributed by atoms with van der Waals surface area (Å²) in [6.07, 6.45) is -1.40. The highest BCUT2D eigenvalue weighted by Crippen LogP contribution is 2.35. The molecule has 2 N–H and O–H groups in total. The predicted octanol–water partition coefficient (Wildman–Crippen LogP) is 6.00. The fourth-order valence-corrected chi connectivity index (χ4v) is 3.13. The molecule has 10 heteroatoms. The molecular formula is C23H20ClF4N3O2. The third-order valence-corrected chi connectivity index (χ3v) is 4.72. The van der Waals surface area contributed by atoms with E-state index in [2.05, 4.69) is 15.0 Å². The number of nitrogens with zero attached hydrogens (tertiary/aromatic N) is 1. The quantitative estimate of drug-likeness (QED) is 0.257. The summed E-state index contributed by atoms with van der Waals surface area (Å²) in [7, 11) is 3.25. The zero-order valence-corrected chi connectivity index (χ0v) is 18.4. The number of carbonyl (C=O) groups excluding carboxylic acids is 1. The van der Waals surface area contributed by atoms with Gasteiger partial charge in [0, 0.05) is 54.2 Å². The Balaban J connectivity index is 0.00000122. The Labute approximate surface area is 192 Å². The number of ether oxygens (including phenoxy) is 1. The number of carbonyl (C=O) groups is 1. The van der Waals surface area contributed by atoms with E-state index in [4.69, 9.17) is 17.0 Å². The Hall–Kier alpha value is -3.30. The van der Waals surface area contributed by atoms with Crippen molar-refractivity contribution in [3.8, 4) is 0 Å². The molecule has 0 aliphatic heterocycles. The second kappa shape index (κ2) is 11.5. The number of alkyl halides is 3. The molecule has 0 saturated carbocycles. The van der Waals surface area contributed by atoms with E-state index in [1.54, 1.807) is 14.2 Å². The van der Waals surface area contributed by atoms with Crippen LogP contribution in [0.1, 0.15) is 32.6 Å². The molecule has 0 aliphatic carbocycles. The molecule has 174 valence electrons. The van der Waals surface area contributed by atoms with Crippen LogP contribution >= 0.6 is 11.6 Å². The number of aldehydes is 1. The monoisotopic (exact) mass is 481 g/mol. The van der Waals surface area contributed by atoms with E-state index in [1.165, 1.54) is 42.7 Å². The third kappa shape index (κ3) is 6.59. The SMILES string of the molecule is COC.N=C(c1ccc(C=O)cc1F)c1ccncc1NCc1c(Cl)cccc1C(F)(F)F. The van der Waals surface area contributed by atoms with E-state index in [9.17, 15) is 22.4 Å². The lowest BCUT2D eigenvalue weighted by atomic mass is 10.00. The molecule has 0 amide bonds. The third-order valence-electron chi connectivity index (χ3n) is 4.37. The van der Waals surface area contributed by atoms with Crippen molar-refractivity contribution >= 4 is 29.3 Å². The standard InChI is InChI=1S/C21H14ClF4N3O.C2H6O/c22-17-3-1-2-16(21(24,25)26)15(17)9-29-19-10-28-7-6-14(19)20(27)13-5-4-12(11-30)8-18(13)23;1-3-2/h1-8,10-11,27,29H,9H2;1-2H3. The van der Waals surface area contributed by atoms with Gasteiger partial charge >= 0.3 is 6.18 Å². The number of pyridine rings is 1. The van der Waals surface area contributed by atoms with Gasteiger partial charge in [-0.2, -0.15) is 13.2 Å². The second-order valence-electron chi connectivity index (χ2n) is 6.68. The van der Waals surface area contributed by atoms with Gasteiger partial charge in [0.25, 0.3) is 0 Å². The largest absolute Gasteiger partial charge is 0.416 e. The van der Waals surface area contributed by atoms with Crippen molar-refractivity contribution in [2.24, 2.45) is 0 Å². The molecule has 0 unspecified atom stereocenters. The van der Waals surface area contributed by atoms with Gasteiger partial charge in [-0.05, 0) is 30.3 Å². The summed E-state index contributed by atoms with van der Waals surface area (Å²) in [5, 5.41) is 11.1. The number of methoxy groups -OCH3 is 1. The fourth-order valence-electron chi connectivity index (χ4n) is 2.89. The summed E-state index contributed by atoms with van der Waals surface area (Å²) in [5.74, 6) is -0.766. The van der Waals surface area contributed by atoms with Gasteiger partial charge in [0.2, 0.25) is 0 Å². The van der Waals surface area contributed by atoms with Crippen molar-refractivity contribution in [1.82, 2.24) is 4.98 Å². The minimum absolute atomic E-state index is 0.0617. The van der Waals surface area contributed by atoms with Crippen LogP contribution in [0.25, 0.3) is 0 Å². The number of hydrogen-bond donors (Lipinski definition) is 2. The summed E-state index contributed by atoms with van der Waals surface area (Å²) in [6, 6.07) is 8.60. The summed E-state index contributed by atoms with van der Waals surface area (Å²) < 4.78 is 58.4. The first-order chi connectivity index (χ1) is 15.6. The van der Waals surface area contributed by atoms with Crippen molar-refractivity contribution < 1.29 is 27.1 Å². The predicted molar refractivity (Wildman–Crippen MR) is 119 cm³/mol. The zero-order chi connectivity index (χ0) is 24.6. The number of benzene rings is 2. The smallest absolute Gasteiger partial charge is 0.388 e. The minimum atomic E-state index is -4.59. The summed E-state index contributed by atoms with van der Waals surface area (Å²) in [4.78, 5) is 14.7. The number of hydrogen-bond acceptors (Lipinski definition) is 5. The molecule has 2 aromatic carbocycles. The Bertz CT molecular complexity index is 1140. The maximum absolute atomic E-state index is 14.3. The van der Waals surface area contributed by atoms with Crippen LogP contribution in [0.4, 0.5) is 23.2 Å². The normalized spacial score (nSPS) is 10.8. The molecule has 0 atom stereocenters. The minimum Gasteiger partial charge on any atom is -0.388 e. The van der Waals surface area contributed by atoms with Crippen molar-refractivity contribution in [2.75, 3.05) is 19.5 Å². The van der Waals surface area contributed by atoms with Gasteiger partial charge in [-0.3, -0.25) is 15.2 Å². The lowest BCUT2D eigenvalue weighted by molar-refractivity contribution is -0.138. The molecule has 5 nitrogen and oxygen atoms in total. The van der Waals surface area contributed by atoms with Crippen LogP contribution in [-0.2, 0) is 17.5 Å². The average Bonchev–Trinajstić information content (AvgIpc) is 2.77. The Kier molecular flexibility index (Phi) is 9.07. The van der Waals surface area contributed by atoms with Crippen LogP contribution in [0.15, 0.2) is 54.9 Å². The van der Waals surface area contributed by atoms with Crippen molar-refractivity contribution in [3.63, 3.8) is 0 Å². The zero-order valence-electron chi connectivity index (χ0n) is 17.6. The maximum Gasteiger partial charge on any atom is 0.416 e. The lowest BCUT2D eigenvalue weighted by Crippen LogP contribution is -2.14. The first-order valence-corrected chi connectivity index (χ1v) is 9.78. The molecule has 33 heavy (non-hydrogen) atoms. The fraction of sp³-hybridized carbons (Fsp3) is 0.174. The van der Waals surface area contributed by atoms with E-state index >= 15 is 0 Å². The van der Waals surface area contributed by atoms with Gasteiger partial charge in [-0.1, -0.05) is 23.7 Å². The number of anilines is 1. The van der Waals surface area contributed by atoms with Crippen molar-refractivity contribution in [3.05, 3.63) is 93.5 Å². The number of rotatable bonds is 6. The summed E-state index contributed by atoms with van der Waals surface area (Å²) in [6.45, 7) is -0.285. The lowest BCUT2D eigenvalue weighted by Gasteiger charge is -2.17. The van der Waals surface area contributed by atoms with E-state index in [0.29, 0.717) is 6.29 Å². The van der Waals surface area contributed by atoms with Crippen LogP contribution < -0.4 is 5.32 Å². The van der Waals surface area contributed by atoms with Gasteiger partial charge < -0.3 is 10.1 Å². The summed E-state index contributed by atoms with van der Waals surface area (Å²) >= 11 is 5.97. The highest BCUT2D eigenvalue weighted by Gasteiger charge is 2.34. The molecule has 3 aromatic rings. The Morgan fingerprint density at radius 3 is 2.48 bits per heavy atom. The molecule has 1 aromatic heterocycles. The Morgan fingerprint density at radius 2 is 1.88 bits per heavy atom. The van der Waals surface area contributed by atoms with Crippen LogP contribution in [-0.4, -0.2) is 31.2 Å². The molecule has 1 heterocycles. The van der Waals surface area contributed by atoms with Gasteiger partial charge in [-0.25, -0.2) is 4.39 Å². The number of nitrogens with one attached hydrogen (secondary N) is 2. The van der Waals surface area contributed by atoms with E-state index in [0.717, 1.165) is 12.1 Å². The van der Waals surface area contributed by atoms with Crippen molar-refractivity contribution in [2.45, 2.75) is 12.7 Å². The molecule has 0 fully saturated rings. The van der Waals surface area contributed by atoms with Gasteiger partial charge in [0.05, 0.1) is 23.2 Å². The molecule has 0 radical (unpaired) electrons. The van der Waals surface area contributed by atoms with Gasteiger partial charge in [0.15, 0.2) is 0 Å². The summed E-state index contributed by atoms with van der Waals surface area (Å²) in [5.41, 5.74) is -0.741. The molecule has 0 aliphatic rings. The van der Waals surface area contributed by atoms with Gasteiger partial charge in [0.1, 0.15) is 12.1 Å². The highest BCUT2D eigenvalue weighted by molar-refractivity contribution is 6.31. The van der Waals surface area contributed by atoms with Gasteiger partial charge in [-0.15, -0.1) is 0 Å².